The Balaban J connectivity index is 1.40. The molecule has 1 amide bonds. The highest BCUT2D eigenvalue weighted by Crippen LogP contribution is 2.32. The van der Waals surface area contributed by atoms with E-state index in [4.69, 9.17) is 14.5 Å². The van der Waals surface area contributed by atoms with Crippen LogP contribution in [0.3, 0.4) is 0 Å². The van der Waals surface area contributed by atoms with Gasteiger partial charge in [-0.15, -0.1) is 0 Å². The summed E-state index contributed by atoms with van der Waals surface area (Å²) in [5, 5.41) is 0. The van der Waals surface area contributed by atoms with Gasteiger partial charge in [-0.3, -0.25) is 0 Å². The number of anilines is 1. The second-order valence-corrected chi connectivity index (χ2v) is 13.2. The number of amides is 1. The summed E-state index contributed by atoms with van der Waals surface area (Å²) in [7, 11) is 2.10. The summed E-state index contributed by atoms with van der Waals surface area (Å²) in [6.45, 7) is 16.4. The van der Waals surface area contributed by atoms with E-state index in [2.05, 4.69) is 59.2 Å². The Bertz CT molecular complexity index is 1050. The quantitative estimate of drug-likeness (QED) is 0.372. The van der Waals surface area contributed by atoms with Crippen LogP contribution in [0.1, 0.15) is 72.5 Å². The Morgan fingerprint density at radius 2 is 1.95 bits per heavy atom. The number of aryl methyl sites for hydroxylation is 1. The standard InChI is InChI=1S/C29H47N5O3S/c1-22(2)37-28(35)32-15-17-33(18-16-32)38-31(6)24-11-12-26-25(21-24)30-27(29(3,4)5)34(26)14-7-9-23-10-8-19-36-20-13-23/h11-12,21-23H,7-10,13-20H2,1-6H3. The van der Waals surface area contributed by atoms with E-state index in [-0.39, 0.29) is 17.6 Å². The van der Waals surface area contributed by atoms with E-state index in [1.807, 2.05) is 13.8 Å². The highest BCUT2D eigenvalue weighted by Gasteiger charge is 2.26. The highest BCUT2D eigenvalue weighted by molar-refractivity contribution is 7.98. The van der Waals surface area contributed by atoms with Crippen LogP contribution in [-0.2, 0) is 21.4 Å². The molecule has 0 bridgehead atoms. The van der Waals surface area contributed by atoms with Crippen molar-refractivity contribution < 1.29 is 14.3 Å². The largest absolute Gasteiger partial charge is 0.447 e. The van der Waals surface area contributed by atoms with Crippen molar-refractivity contribution in [2.45, 2.75) is 84.8 Å². The third kappa shape index (κ3) is 7.57. The topological polar surface area (TPSA) is 63.1 Å². The molecule has 0 aliphatic carbocycles. The number of benzene rings is 1. The summed E-state index contributed by atoms with van der Waals surface area (Å²) < 4.78 is 18.0. The highest BCUT2D eigenvalue weighted by atomic mass is 32.2. The molecular weight excluding hydrogens is 498 g/mol. The number of piperazine rings is 1. The third-order valence-corrected chi connectivity index (χ3v) is 8.45. The van der Waals surface area contributed by atoms with E-state index >= 15 is 0 Å². The first kappa shape index (κ1) is 29.0. The summed E-state index contributed by atoms with van der Waals surface area (Å²) in [5.41, 5.74) is 3.39. The number of aromatic nitrogens is 2. The molecular formula is C29H47N5O3S. The van der Waals surface area contributed by atoms with Gasteiger partial charge in [-0.05, 0) is 70.1 Å². The van der Waals surface area contributed by atoms with Gasteiger partial charge in [-0.2, -0.15) is 0 Å². The number of nitrogens with zero attached hydrogens (tertiary/aromatic N) is 5. The Labute approximate surface area is 233 Å². The van der Waals surface area contributed by atoms with E-state index in [1.54, 1.807) is 17.0 Å². The van der Waals surface area contributed by atoms with Crippen molar-refractivity contribution in [3.8, 4) is 0 Å². The minimum atomic E-state index is -0.211. The molecule has 1 unspecified atom stereocenters. The third-order valence-electron chi connectivity index (χ3n) is 7.40. The van der Waals surface area contributed by atoms with Gasteiger partial charge in [-0.25, -0.2) is 14.1 Å². The van der Waals surface area contributed by atoms with E-state index < -0.39 is 0 Å². The minimum Gasteiger partial charge on any atom is -0.447 e. The maximum Gasteiger partial charge on any atom is 0.410 e. The Morgan fingerprint density at radius 1 is 1.18 bits per heavy atom. The Hall–Kier alpha value is -1.97. The van der Waals surface area contributed by atoms with Crippen molar-refractivity contribution in [3.05, 3.63) is 24.0 Å². The maximum absolute atomic E-state index is 12.2. The van der Waals surface area contributed by atoms with Gasteiger partial charge in [0.15, 0.2) is 0 Å². The van der Waals surface area contributed by atoms with Gasteiger partial charge in [-0.1, -0.05) is 20.8 Å². The van der Waals surface area contributed by atoms with Crippen LogP contribution in [0.5, 0.6) is 0 Å². The molecule has 9 heteroatoms. The Morgan fingerprint density at radius 3 is 2.66 bits per heavy atom. The van der Waals surface area contributed by atoms with Crippen LogP contribution < -0.4 is 4.31 Å². The van der Waals surface area contributed by atoms with Crippen LogP contribution >= 0.6 is 12.1 Å². The molecule has 38 heavy (non-hydrogen) atoms. The number of imidazole rings is 1. The average Bonchev–Trinajstić information content (AvgIpc) is 3.03. The molecule has 0 radical (unpaired) electrons. The van der Waals surface area contributed by atoms with Gasteiger partial charge in [0.1, 0.15) is 5.82 Å². The summed E-state index contributed by atoms with van der Waals surface area (Å²) in [4.78, 5) is 19.1. The molecule has 3 heterocycles. The van der Waals surface area contributed by atoms with E-state index in [0.717, 1.165) is 55.8 Å². The first-order valence-electron chi connectivity index (χ1n) is 14.3. The number of ether oxygens (including phenoxy) is 2. The molecule has 8 nitrogen and oxygen atoms in total. The van der Waals surface area contributed by atoms with Crippen molar-refractivity contribution in [1.29, 1.82) is 0 Å². The molecule has 2 aliphatic rings. The molecule has 1 aromatic carbocycles. The first-order valence-corrected chi connectivity index (χ1v) is 15.1. The molecule has 2 aliphatic heterocycles. The molecule has 0 N–H and O–H groups in total. The lowest BCUT2D eigenvalue weighted by atomic mass is 9.94. The average molecular weight is 546 g/mol. The van der Waals surface area contributed by atoms with Gasteiger partial charge in [0.05, 0.1) is 22.8 Å². The van der Waals surface area contributed by atoms with Crippen LogP contribution in [0.4, 0.5) is 10.5 Å². The first-order chi connectivity index (χ1) is 18.1. The summed E-state index contributed by atoms with van der Waals surface area (Å²) in [5.74, 6) is 1.94. The molecule has 0 saturated carbocycles. The van der Waals surface area contributed by atoms with Gasteiger partial charge >= 0.3 is 6.09 Å². The molecule has 1 atom stereocenters. The summed E-state index contributed by atoms with van der Waals surface area (Å²) in [6, 6.07) is 6.66. The fourth-order valence-electron chi connectivity index (χ4n) is 5.36. The lowest BCUT2D eigenvalue weighted by Gasteiger charge is -2.35. The molecule has 212 valence electrons. The lowest BCUT2D eigenvalue weighted by Crippen LogP contribution is -2.47. The zero-order valence-electron chi connectivity index (χ0n) is 24.2. The van der Waals surface area contributed by atoms with Crippen molar-refractivity contribution >= 4 is 34.9 Å². The van der Waals surface area contributed by atoms with Gasteiger partial charge in [0.2, 0.25) is 0 Å². The zero-order chi connectivity index (χ0) is 27.3. The molecule has 4 rings (SSSR count). The zero-order valence-corrected chi connectivity index (χ0v) is 25.1. The van der Waals surface area contributed by atoms with E-state index in [1.165, 1.54) is 37.6 Å². The molecule has 2 aromatic rings. The molecule has 1 aromatic heterocycles. The normalized spacial score (nSPS) is 19.7. The van der Waals surface area contributed by atoms with E-state index in [9.17, 15) is 4.79 Å². The fourth-order valence-corrected chi connectivity index (χ4v) is 6.24. The van der Waals surface area contributed by atoms with Crippen LogP contribution in [0.15, 0.2) is 18.2 Å². The van der Waals surface area contributed by atoms with Crippen LogP contribution in [0.2, 0.25) is 0 Å². The molecule has 2 fully saturated rings. The van der Waals surface area contributed by atoms with Crippen molar-refractivity contribution in [3.63, 3.8) is 0 Å². The maximum atomic E-state index is 12.2. The number of hydrogen-bond donors (Lipinski definition) is 0. The predicted molar refractivity (Wildman–Crippen MR) is 157 cm³/mol. The smallest absolute Gasteiger partial charge is 0.410 e. The second-order valence-electron chi connectivity index (χ2n) is 12.0. The van der Waals surface area contributed by atoms with Crippen molar-refractivity contribution in [1.82, 2.24) is 18.8 Å². The van der Waals surface area contributed by atoms with Crippen LogP contribution in [0.25, 0.3) is 11.0 Å². The Kier molecular flexibility index (Phi) is 9.87. The van der Waals surface area contributed by atoms with Crippen LogP contribution in [0, 0.1) is 5.92 Å². The SMILES string of the molecule is CC(C)OC(=O)N1CCN(SN(C)c2ccc3c(c2)nc(C(C)(C)C)n3CCCC2CCCOCC2)CC1. The van der Waals surface area contributed by atoms with E-state index in [0.29, 0.717) is 13.1 Å². The second kappa shape index (κ2) is 12.9. The minimum absolute atomic E-state index is 0.0214. The number of hydrogen-bond acceptors (Lipinski definition) is 7. The number of carbonyl (C=O) groups is 1. The number of rotatable bonds is 8. The summed E-state index contributed by atoms with van der Waals surface area (Å²) >= 11 is 1.70. The van der Waals surface area contributed by atoms with Crippen molar-refractivity contribution in [2.75, 3.05) is 50.7 Å². The summed E-state index contributed by atoms with van der Waals surface area (Å²) in [6.07, 6.45) is 5.81. The van der Waals surface area contributed by atoms with Gasteiger partial charge in [0, 0.05) is 70.5 Å². The van der Waals surface area contributed by atoms with Gasteiger partial charge < -0.3 is 23.2 Å². The molecule has 2 saturated heterocycles. The number of fused-ring (bicyclic) bond motifs is 1. The van der Waals surface area contributed by atoms with Gasteiger partial charge in [0.25, 0.3) is 0 Å². The monoisotopic (exact) mass is 545 g/mol. The lowest BCUT2D eigenvalue weighted by molar-refractivity contribution is 0.0676. The van der Waals surface area contributed by atoms with Crippen LogP contribution in [-0.4, -0.2) is 77.4 Å². The number of carbonyl (C=O) groups excluding carboxylic acids is 1. The predicted octanol–water partition coefficient (Wildman–Crippen LogP) is 6.09. The fraction of sp³-hybridized carbons (Fsp3) is 0.724. The van der Waals surface area contributed by atoms with Crippen molar-refractivity contribution in [2.24, 2.45) is 5.92 Å². The molecule has 0 spiro atoms.